The van der Waals surface area contributed by atoms with Crippen LogP contribution in [0.2, 0.25) is 0 Å². The molecule has 2 atom stereocenters. The van der Waals surface area contributed by atoms with Crippen molar-refractivity contribution in [3.05, 3.63) is 18.1 Å². The molecule has 0 aliphatic heterocycles. The fourth-order valence-electron chi connectivity index (χ4n) is 1.59. The Labute approximate surface area is 97.1 Å². The molecule has 0 bridgehead atoms. The van der Waals surface area contributed by atoms with Crippen LogP contribution in [0.15, 0.2) is 12.4 Å². The summed E-state index contributed by atoms with van der Waals surface area (Å²) in [6.45, 7) is 8.03. The molecule has 0 amide bonds. The molecule has 4 nitrogen and oxygen atoms in total. The molecule has 1 heterocycles. The Bertz CT molecular complexity index is 326. The van der Waals surface area contributed by atoms with E-state index in [-0.39, 0.29) is 12.1 Å². The van der Waals surface area contributed by atoms with E-state index < -0.39 is 0 Å². The van der Waals surface area contributed by atoms with Gasteiger partial charge in [-0.15, -0.1) is 0 Å². The van der Waals surface area contributed by atoms with Gasteiger partial charge >= 0.3 is 0 Å². The molecule has 0 radical (unpaired) electrons. The average molecular weight is 223 g/mol. The Balaban J connectivity index is 2.63. The van der Waals surface area contributed by atoms with Gasteiger partial charge in [0.15, 0.2) is 0 Å². The van der Waals surface area contributed by atoms with E-state index in [2.05, 4.69) is 29.1 Å². The number of hydrogen-bond acceptors (Lipinski definition) is 4. The van der Waals surface area contributed by atoms with Gasteiger partial charge in [-0.1, -0.05) is 13.8 Å². The zero-order chi connectivity index (χ0) is 12.1. The first-order valence-corrected chi connectivity index (χ1v) is 5.75. The molecule has 2 unspecified atom stereocenters. The summed E-state index contributed by atoms with van der Waals surface area (Å²) in [5, 5.41) is 12.5. The molecule has 0 aliphatic rings. The largest absolute Gasteiger partial charge is 0.393 e. The molecule has 90 valence electrons. The topological polar surface area (TPSA) is 58.0 Å². The predicted molar refractivity (Wildman–Crippen MR) is 65.5 cm³/mol. The zero-order valence-electron chi connectivity index (χ0n) is 10.4. The predicted octanol–water partition coefficient (Wildman–Crippen LogP) is 2.17. The van der Waals surface area contributed by atoms with E-state index in [9.17, 15) is 5.11 Å². The lowest BCUT2D eigenvalue weighted by Gasteiger charge is -2.16. The van der Waals surface area contributed by atoms with Gasteiger partial charge in [0, 0.05) is 17.8 Å². The Morgan fingerprint density at radius 2 is 1.94 bits per heavy atom. The van der Waals surface area contributed by atoms with Crippen molar-refractivity contribution < 1.29 is 5.11 Å². The maximum atomic E-state index is 9.27. The number of aliphatic hydroxyl groups excluding tert-OH is 1. The van der Waals surface area contributed by atoms with E-state index in [1.54, 1.807) is 13.3 Å². The lowest BCUT2D eigenvalue weighted by molar-refractivity contribution is 0.179. The van der Waals surface area contributed by atoms with Crippen LogP contribution in [0.1, 0.15) is 45.7 Å². The van der Waals surface area contributed by atoms with Crippen molar-refractivity contribution >= 4 is 5.82 Å². The minimum absolute atomic E-state index is 0.204. The molecule has 16 heavy (non-hydrogen) atoms. The van der Waals surface area contributed by atoms with Crippen LogP contribution < -0.4 is 5.32 Å². The van der Waals surface area contributed by atoms with E-state index in [1.807, 2.05) is 13.0 Å². The first-order chi connectivity index (χ1) is 7.49. The summed E-state index contributed by atoms with van der Waals surface area (Å²) in [6, 6.07) is 2.17. The zero-order valence-corrected chi connectivity index (χ0v) is 10.4. The number of aliphatic hydroxyl groups is 1. The summed E-state index contributed by atoms with van der Waals surface area (Å²) in [5.41, 5.74) is 1.03. The van der Waals surface area contributed by atoms with Crippen molar-refractivity contribution in [2.45, 2.75) is 52.2 Å². The summed E-state index contributed by atoms with van der Waals surface area (Å²) in [5.74, 6) is 1.22. The van der Waals surface area contributed by atoms with E-state index in [0.29, 0.717) is 12.3 Å². The number of nitrogens with one attached hydrogen (secondary N) is 1. The molecule has 1 rings (SSSR count). The molecule has 1 aromatic rings. The minimum Gasteiger partial charge on any atom is -0.393 e. The number of hydrogen-bond donors (Lipinski definition) is 2. The molecule has 0 saturated heterocycles. The van der Waals surface area contributed by atoms with Crippen molar-refractivity contribution in [2.24, 2.45) is 0 Å². The van der Waals surface area contributed by atoms with Gasteiger partial charge in [-0.2, -0.15) is 0 Å². The molecule has 0 saturated carbocycles. The fraction of sp³-hybridized carbons (Fsp3) is 0.667. The van der Waals surface area contributed by atoms with E-state index in [0.717, 1.165) is 11.5 Å². The maximum absolute atomic E-state index is 9.27. The fourth-order valence-corrected chi connectivity index (χ4v) is 1.59. The molecule has 0 aromatic carbocycles. The van der Waals surface area contributed by atoms with Gasteiger partial charge in [0.05, 0.1) is 6.10 Å². The van der Waals surface area contributed by atoms with Gasteiger partial charge in [-0.25, -0.2) is 9.97 Å². The van der Waals surface area contributed by atoms with Gasteiger partial charge in [0.2, 0.25) is 0 Å². The van der Waals surface area contributed by atoms with E-state index in [4.69, 9.17) is 0 Å². The second kappa shape index (κ2) is 5.80. The standard InChI is InChI=1S/C12H21N3O/c1-8(2)11-6-12(14-7-13-11)15-9(3)5-10(4)16/h6-10,16H,5H2,1-4H3,(H,13,14,15). The van der Waals surface area contributed by atoms with Crippen LogP contribution in [0, 0.1) is 0 Å². The third-order valence-corrected chi connectivity index (χ3v) is 2.37. The molecule has 0 aliphatic carbocycles. The average Bonchev–Trinajstić information content (AvgIpc) is 2.16. The summed E-state index contributed by atoms with van der Waals surface area (Å²) >= 11 is 0. The first-order valence-electron chi connectivity index (χ1n) is 5.75. The summed E-state index contributed by atoms with van der Waals surface area (Å²) in [4.78, 5) is 8.37. The van der Waals surface area contributed by atoms with E-state index in [1.165, 1.54) is 0 Å². The monoisotopic (exact) mass is 223 g/mol. The van der Waals surface area contributed by atoms with Crippen molar-refractivity contribution in [3.8, 4) is 0 Å². The molecule has 0 fully saturated rings. The van der Waals surface area contributed by atoms with Gasteiger partial charge in [0.25, 0.3) is 0 Å². The lowest BCUT2D eigenvalue weighted by atomic mass is 10.1. The summed E-state index contributed by atoms with van der Waals surface area (Å²) in [7, 11) is 0. The van der Waals surface area contributed by atoms with Crippen molar-refractivity contribution in [1.82, 2.24) is 9.97 Å². The van der Waals surface area contributed by atoms with Crippen molar-refractivity contribution in [3.63, 3.8) is 0 Å². The summed E-state index contributed by atoms with van der Waals surface area (Å²) in [6.07, 6.45) is 1.99. The van der Waals surface area contributed by atoms with Crippen LogP contribution in [0.3, 0.4) is 0 Å². The quantitative estimate of drug-likeness (QED) is 0.803. The summed E-state index contributed by atoms with van der Waals surface area (Å²) < 4.78 is 0. The smallest absolute Gasteiger partial charge is 0.129 e. The molecular formula is C12H21N3O. The molecule has 4 heteroatoms. The highest BCUT2D eigenvalue weighted by molar-refractivity contribution is 5.36. The second-order valence-electron chi connectivity index (χ2n) is 4.61. The molecule has 0 spiro atoms. The van der Waals surface area contributed by atoms with Gasteiger partial charge in [0.1, 0.15) is 12.1 Å². The van der Waals surface area contributed by atoms with Gasteiger partial charge in [-0.3, -0.25) is 0 Å². The Kier molecular flexibility index (Phi) is 4.68. The van der Waals surface area contributed by atoms with Gasteiger partial charge < -0.3 is 10.4 Å². The normalized spacial score (nSPS) is 14.9. The van der Waals surface area contributed by atoms with Crippen LogP contribution in [0.4, 0.5) is 5.82 Å². The molecule has 1 aromatic heterocycles. The number of aromatic nitrogens is 2. The van der Waals surface area contributed by atoms with Crippen LogP contribution >= 0.6 is 0 Å². The van der Waals surface area contributed by atoms with Crippen LogP contribution in [-0.2, 0) is 0 Å². The highest BCUT2D eigenvalue weighted by Crippen LogP contribution is 2.14. The highest BCUT2D eigenvalue weighted by atomic mass is 16.3. The molecular weight excluding hydrogens is 202 g/mol. The van der Waals surface area contributed by atoms with Crippen molar-refractivity contribution in [1.29, 1.82) is 0 Å². The van der Waals surface area contributed by atoms with Crippen molar-refractivity contribution in [2.75, 3.05) is 5.32 Å². The number of anilines is 1. The number of rotatable bonds is 5. The van der Waals surface area contributed by atoms with Crippen LogP contribution in [0.5, 0.6) is 0 Å². The SMILES string of the molecule is CC(O)CC(C)Nc1cc(C(C)C)ncn1. The van der Waals surface area contributed by atoms with E-state index >= 15 is 0 Å². The number of nitrogens with zero attached hydrogens (tertiary/aromatic N) is 2. The van der Waals surface area contributed by atoms with Crippen LogP contribution in [0.25, 0.3) is 0 Å². The Morgan fingerprint density at radius 3 is 2.50 bits per heavy atom. The Morgan fingerprint density at radius 1 is 1.25 bits per heavy atom. The third kappa shape index (κ3) is 4.14. The Hall–Kier alpha value is -1.16. The maximum Gasteiger partial charge on any atom is 0.129 e. The van der Waals surface area contributed by atoms with Crippen LogP contribution in [-0.4, -0.2) is 27.2 Å². The minimum atomic E-state index is -0.297. The first kappa shape index (κ1) is 12.9. The molecule has 2 N–H and O–H groups in total. The van der Waals surface area contributed by atoms with Gasteiger partial charge in [-0.05, 0) is 26.2 Å². The lowest BCUT2D eigenvalue weighted by Crippen LogP contribution is -2.21. The second-order valence-corrected chi connectivity index (χ2v) is 4.61. The highest BCUT2D eigenvalue weighted by Gasteiger charge is 2.08. The third-order valence-electron chi connectivity index (χ3n) is 2.37.